The summed E-state index contributed by atoms with van der Waals surface area (Å²) in [5, 5.41) is 0. The molecule has 0 heterocycles. The van der Waals surface area contributed by atoms with E-state index in [1.165, 1.54) is 17.7 Å². The number of ether oxygens (including phenoxy) is 2. The lowest BCUT2D eigenvalue weighted by atomic mass is 9.87. The molecule has 2 aromatic carbocycles. The van der Waals surface area contributed by atoms with Crippen molar-refractivity contribution in [2.45, 2.75) is 33.1 Å². The van der Waals surface area contributed by atoms with Crippen molar-refractivity contribution in [3.05, 3.63) is 59.4 Å². The van der Waals surface area contributed by atoms with Crippen LogP contribution in [0.1, 0.15) is 43.6 Å². The molecule has 0 unspecified atom stereocenters. The molecule has 0 aliphatic heterocycles. The Morgan fingerprint density at radius 2 is 1.74 bits per heavy atom. The van der Waals surface area contributed by atoms with E-state index in [9.17, 15) is 9.18 Å². The number of rotatable bonds is 4. The number of halogens is 1. The molecule has 0 fully saturated rings. The summed E-state index contributed by atoms with van der Waals surface area (Å²) in [6, 6.07) is 11.6. The van der Waals surface area contributed by atoms with Gasteiger partial charge in [0.05, 0.1) is 12.2 Å². The fourth-order valence-corrected chi connectivity index (χ4v) is 2.07. The van der Waals surface area contributed by atoms with Gasteiger partial charge in [0.25, 0.3) is 0 Å². The lowest BCUT2D eigenvalue weighted by molar-refractivity contribution is 0.0525. The molecule has 4 heteroatoms. The van der Waals surface area contributed by atoms with Gasteiger partial charge in [0, 0.05) is 0 Å². The first-order valence-corrected chi connectivity index (χ1v) is 7.56. The van der Waals surface area contributed by atoms with Crippen LogP contribution in [0.25, 0.3) is 0 Å². The standard InChI is InChI=1S/C19H21FO3/c1-5-22-18(21)13-6-11-17(16(20)12-13)23-15-9-7-14(8-10-15)19(2,3)4/h6-12H,5H2,1-4H3. The van der Waals surface area contributed by atoms with Crippen molar-refractivity contribution in [1.29, 1.82) is 0 Å². The Morgan fingerprint density at radius 3 is 2.26 bits per heavy atom. The summed E-state index contributed by atoms with van der Waals surface area (Å²) in [5.74, 6) is -0.537. The van der Waals surface area contributed by atoms with Crippen LogP contribution < -0.4 is 4.74 Å². The Hall–Kier alpha value is -2.36. The molecular formula is C19H21FO3. The Balaban J connectivity index is 2.16. The normalized spacial score (nSPS) is 11.2. The molecule has 122 valence electrons. The summed E-state index contributed by atoms with van der Waals surface area (Å²) in [7, 11) is 0. The molecule has 0 N–H and O–H groups in total. The summed E-state index contributed by atoms with van der Waals surface area (Å²) in [6.07, 6.45) is 0. The van der Waals surface area contributed by atoms with E-state index in [0.29, 0.717) is 5.75 Å². The minimum absolute atomic E-state index is 0.0467. The average Bonchev–Trinajstić information content (AvgIpc) is 2.49. The molecule has 0 saturated heterocycles. The van der Waals surface area contributed by atoms with Crippen molar-refractivity contribution in [3.63, 3.8) is 0 Å². The van der Waals surface area contributed by atoms with E-state index in [1.54, 1.807) is 19.1 Å². The first-order valence-electron chi connectivity index (χ1n) is 7.56. The molecule has 0 atom stereocenters. The zero-order valence-corrected chi connectivity index (χ0v) is 13.9. The first-order chi connectivity index (χ1) is 10.8. The van der Waals surface area contributed by atoms with Gasteiger partial charge in [-0.25, -0.2) is 9.18 Å². The molecule has 0 spiro atoms. The van der Waals surface area contributed by atoms with Crippen molar-refractivity contribution < 1.29 is 18.7 Å². The molecule has 0 aromatic heterocycles. The molecule has 0 amide bonds. The van der Waals surface area contributed by atoms with Gasteiger partial charge < -0.3 is 9.47 Å². The molecule has 0 aliphatic carbocycles. The van der Waals surface area contributed by atoms with Crippen LogP contribution in [-0.4, -0.2) is 12.6 Å². The SMILES string of the molecule is CCOC(=O)c1ccc(Oc2ccc(C(C)(C)C)cc2)c(F)c1. The summed E-state index contributed by atoms with van der Waals surface area (Å²) in [6.45, 7) is 8.32. The lowest BCUT2D eigenvalue weighted by Gasteiger charge is -2.19. The average molecular weight is 316 g/mol. The van der Waals surface area contributed by atoms with Crippen molar-refractivity contribution in [2.24, 2.45) is 0 Å². The molecule has 3 nitrogen and oxygen atoms in total. The van der Waals surface area contributed by atoms with Crippen molar-refractivity contribution in [3.8, 4) is 11.5 Å². The van der Waals surface area contributed by atoms with Gasteiger partial charge >= 0.3 is 5.97 Å². The molecule has 23 heavy (non-hydrogen) atoms. The summed E-state index contributed by atoms with van der Waals surface area (Å²) < 4.78 is 24.5. The fourth-order valence-electron chi connectivity index (χ4n) is 2.07. The second-order valence-electron chi connectivity index (χ2n) is 6.24. The zero-order valence-electron chi connectivity index (χ0n) is 13.9. The number of hydrogen-bond donors (Lipinski definition) is 0. The smallest absolute Gasteiger partial charge is 0.338 e. The van der Waals surface area contributed by atoms with Crippen molar-refractivity contribution >= 4 is 5.97 Å². The zero-order chi connectivity index (χ0) is 17.0. The van der Waals surface area contributed by atoms with Gasteiger partial charge in [0.2, 0.25) is 0 Å². The van der Waals surface area contributed by atoms with E-state index in [0.717, 1.165) is 6.07 Å². The topological polar surface area (TPSA) is 35.5 Å². The van der Waals surface area contributed by atoms with Gasteiger partial charge in [0.1, 0.15) is 5.75 Å². The highest BCUT2D eigenvalue weighted by molar-refractivity contribution is 5.89. The highest BCUT2D eigenvalue weighted by Gasteiger charge is 2.14. The summed E-state index contributed by atoms with van der Waals surface area (Å²) in [5.41, 5.74) is 1.38. The summed E-state index contributed by atoms with van der Waals surface area (Å²) in [4.78, 5) is 11.6. The van der Waals surface area contributed by atoms with Gasteiger partial charge in [-0.2, -0.15) is 0 Å². The van der Waals surface area contributed by atoms with E-state index in [4.69, 9.17) is 9.47 Å². The van der Waals surface area contributed by atoms with E-state index < -0.39 is 11.8 Å². The van der Waals surface area contributed by atoms with Crippen LogP contribution in [0.3, 0.4) is 0 Å². The molecule has 0 aliphatic rings. The van der Waals surface area contributed by atoms with Crippen LogP contribution in [-0.2, 0) is 10.2 Å². The number of carbonyl (C=O) groups is 1. The maximum atomic E-state index is 14.1. The maximum Gasteiger partial charge on any atom is 0.338 e. The van der Waals surface area contributed by atoms with Crippen LogP contribution in [0.2, 0.25) is 0 Å². The van der Waals surface area contributed by atoms with Crippen LogP contribution in [0.5, 0.6) is 11.5 Å². The second kappa shape index (κ2) is 6.82. The highest BCUT2D eigenvalue weighted by Crippen LogP contribution is 2.28. The highest BCUT2D eigenvalue weighted by atomic mass is 19.1. The van der Waals surface area contributed by atoms with Gasteiger partial charge in [-0.05, 0) is 48.2 Å². The Kier molecular flexibility index (Phi) is 5.04. The monoisotopic (exact) mass is 316 g/mol. The van der Waals surface area contributed by atoms with E-state index in [2.05, 4.69) is 20.8 Å². The third-order valence-corrected chi connectivity index (χ3v) is 3.39. The van der Waals surface area contributed by atoms with Crippen molar-refractivity contribution in [1.82, 2.24) is 0 Å². The van der Waals surface area contributed by atoms with Gasteiger partial charge in [-0.15, -0.1) is 0 Å². The second-order valence-corrected chi connectivity index (χ2v) is 6.24. The third-order valence-electron chi connectivity index (χ3n) is 3.39. The van der Waals surface area contributed by atoms with Gasteiger partial charge in [-0.3, -0.25) is 0 Å². The minimum Gasteiger partial charge on any atom is -0.462 e. The molecule has 0 radical (unpaired) electrons. The first kappa shape index (κ1) is 17.0. The number of hydrogen-bond acceptors (Lipinski definition) is 3. The number of benzene rings is 2. The Bertz CT molecular complexity index is 685. The molecule has 0 saturated carbocycles. The van der Waals surface area contributed by atoms with E-state index >= 15 is 0 Å². The predicted molar refractivity (Wildman–Crippen MR) is 87.6 cm³/mol. The number of esters is 1. The fraction of sp³-hybridized carbons (Fsp3) is 0.316. The van der Waals surface area contributed by atoms with Gasteiger partial charge in [-0.1, -0.05) is 32.9 Å². The largest absolute Gasteiger partial charge is 0.462 e. The summed E-state index contributed by atoms with van der Waals surface area (Å²) >= 11 is 0. The number of carbonyl (C=O) groups excluding carboxylic acids is 1. The molecule has 2 aromatic rings. The molecular weight excluding hydrogens is 295 g/mol. The van der Waals surface area contributed by atoms with Crippen molar-refractivity contribution in [2.75, 3.05) is 6.61 Å². The Morgan fingerprint density at radius 1 is 1.09 bits per heavy atom. The minimum atomic E-state index is -0.601. The van der Waals surface area contributed by atoms with Crippen LogP contribution >= 0.6 is 0 Å². The Labute approximate surface area is 136 Å². The van der Waals surface area contributed by atoms with Crippen LogP contribution in [0.4, 0.5) is 4.39 Å². The molecule has 0 bridgehead atoms. The maximum absolute atomic E-state index is 14.1. The molecule has 2 rings (SSSR count). The third kappa shape index (κ3) is 4.31. The van der Waals surface area contributed by atoms with Gasteiger partial charge in [0.15, 0.2) is 11.6 Å². The predicted octanol–water partition coefficient (Wildman–Crippen LogP) is 5.09. The van der Waals surface area contributed by atoms with E-state index in [-0.39, 0.29) is 23.3 Å². The quantitative estimate of drug-likeness (QED) is 0.737. The lowest BCUT2D eigenvalue weighted by Crippen LogP contribution is -2.10. The van der Waals surface area contributed by atoms with E-state index in [1.807, 2.05) is 12.1 Å². The van der Waals surface area contributed by atoms with Crippen LogP contribution in [0, 0.1) is 5.82 Å². The van der Waals surface area contributed by atoms with Crippen LogP contribution in [0.15, 0.2) is 42.5 Å².